The van der Waals surface area contributed by atoms with Crippen LogP contribution in [0.2, 0.25) is 0 Å². The minimum atomic E-state index is -0.908. The van der Waals surface area contributed by atoms with Gasteiger partial charge in [-0.3, -0.25) is 9.59 Å². The molecule has 0 heterocycles. The molecule has 2 aromatic rings. The zero-order valence-electron chi connectivity index (χ0n) is 14.4. The fourth-order valence-corrected chi connectivity index (χ4v) is 3.00. The summed E-state index contributed by atoms with van der Waals surface area (Å²) in [5.74, 6) is -1.26. The maximum Gasteiger partial charge on any atom is 0.307 e. The van der Waals surface area contributed by atoms with E-state index in [2.05, 4.69) is 5.32 Å². The normalized spacial score (nSPS) is 18.7. The number of ether oxygens (including phenoxy) is 1. The summed E-state index contributed by atoms with van der Waals surface area (Å²) in [6.07, 6.45) is 1.17. The molecule has 2 atom stereocenters. The number of carboxylic acid groups (broad SMARTS) is 1. The molecule has 0 aromatic heterocycles. The average molecular weight is 357 g/mol. The van der Waals surface area contributed by atoms with Gasteiger partial charge in [0.1, 0.15) is 17.3 Å². The van der Waals surface area contributed by atoms with Gasteiger partial charge < -0.3 is 15.2 Å². The Bertz CT molecular complexity index is 819. The Morgan fingerprint density at radius 1 is 1.15 bits per heavy atom. The smallest absolute Gasteiger partial charge is 0.307 e. The number of carbonyl (C=O) groups excluding carboxylic acids is 1. The SMILES string of the molecule is Cc1cc(CNC(=O)C2CCC2C(=O)O)ccc1Oc1ccc(F)cc1. The van der Waals surface area contributed by atoms with Crippen molar-refractivity contribution in [2.45, 2.75) is 26.3 Å². The molecule has 0 aliphatic heterocycles. The van der Waals surface area contributed by atoms with Gasteiger partial charge in [-0.25, -0.2) is 4.39 Å². The molecule has 26 heavy (non-hydrogen) atoms. The topological polar surface area (TPSA) is 75.6 Å². The van der Waals surface area contributed by atoms with Crippen molar-refractivity contribution in [3.05, 3.63) is 59.4 Å². The lowest BCUT2D eigenvalue weighted by Crippen LogP contribution is -2.43. The molecular weight excluding hydrogens is 337 g/mol. The second kappa shape index (κ2) is 7.56. The van der Waals surface area contributed by atoms with Gasteiger partial charge in [-0.1, -0.05) is 12.1 Å². The van der Waals surface area contributed by atoms with Gasteiger partial charge in [0.25, 0.3) is 0 Å². The predicted molar refractivity (Wildman–Crippen MR) is 93.3 cm³/mol. The highest BCUT2D eigenvalue weighted by atomic mass is 19.1. The Kier molecular flexibility index (Phi) is 5.21. The molecule has 3 rings (SSSR count). The van der Waals surface area contributed by atoms with Crippen molar-refractivity contribution in [1.29, 1.82) is 0 Å². The Morgan fingerprint density at radius 2 is 1.85 bits per heavy atom. The fourth-order valence-electron chi connectivity index (χ4n) is 3.00. The first kappa shape index (κ1) is 17.9. The molecule has 1 saturated carbocycles. The quantitative estimate of drug-likeness (QED) is 0.827. The molecule has 6 heteroatoms. The van der Waals surface area contributed by atoms with Gasteiger partial charge in [0, 0.05) is 6.54 Å². The number of rotatable bonds is 6. The van der Waals surface area contributed by atoms with E-state index in [-0.39, 0.29) is 11.7 Å². The van der Waals surface area contributed by atoms with Gasteiger partial charge in [0.05, 0.1) is 11.8 Å². The van der Waals surface area contributed by atoms with E-state index < -0.39 is 17.8 Å². The number of aryl methyl sites for hydroxylation is 1. The van der Waals surface area contributed by atoms with Crippen LogP contribution in [0.15, 0.2) is 42.5 Å². The van der Waals surface area contributed by atoms with Crippen LogP contribution in [0.5, 0.6) is 11.5 Å². The Morgan fingerprint density at radius 3 is 2.42 bits per heavy atom. The van der Waals surface area contributed by atoms with Crippen molar-refractivity contribution in [3.8, 4) is 11.5 Å². The van der Waals surface area contributed by atoms with Crippen molar-refractivity contribution in [2.24, 2.45) is 11.8 Å². The van der Waals surface area contributed by atoms with Gasteiger partial charge >= 0.3 is 5.97 Å². The fraction of sp³-hybridized carbons (Fsp3) is 0.300. The summed E-state index contributed by atoms with van der Waals surface area (Å²) in [6, 6.07) is 11.3. The van der Waals surface area contributed by atoms with E-state index in [1.54, 1.807) is 18.2 Å². The number of hydrogen-bond acceptors (Lipinski definition) is 3. The van der Waals surface area contributed by atoms with Crippen LogP contribution in [0.4, 0.5) is 4.39 Å². The Balaban J connectivity index is 1.58. The Labute approximate surface area is 150 Å². The lowest BCUT2D eigenvalue weighted by molar-refractivity contribution is -0.152. The van der Waals surface area contributed by atoms with E-state index in [1.165, 1.54) is 12.1 Å². The van der Waals surface area contributed by atoms with E-state index in [4.69, 9.17) is 9.84 Å². The highest BCUT2D eigenvalue weighted by Gasteiger charge is 2.41. The summed E-state index contributed by atoms with van der Waals surface area (Å²) in [7, 11) is 0. The van der Waals surface area contributed by atoms with Crippen molar-refractivity contribution in [3.63, 3.8) is 0 Å². The number of amides is 1. The summed E-state index contributed by atoms with van der Waals surface area (Å²) in [5.41, 5.74) is 1.78. The number of benzene rings is 2. The lowest BCUT2D eigenvalue weighted by Gasteiger charge is -2.31. The maximum atomic E-state index is 12.9. The van der Waals surface area contributed by atoms with E-state index in [0.29, 0.717) is 30.9 Å². The van der Waals surface area contributed by atoms with Gasteiger partial charge in [0.2, 0.25) is 5.91 Å². The van der Waals surface area contributed by atoms with E-state index >= 15 is 0 Å². The number of carboxylic acids is 1. The molecule has 136 valence electrons. The van der Waals surface area contributed by atoms with Crippen molar-refractivity contribution in [1.82, 2.24) is 5.32 Å². The summed E-state index contributed by atoms with van der Waals surface area (Å²) in [6.45, 7) is 2.22. The van der Waals surface area contributed by atoms with Crippen LogP contribution in [0, 0.1) is 24.6 Å². The summed E-state index contributed by atoms with van der Waals surface area (Å²) in [5, 5.41) is 11.8. The number of hydrogen-bond donors (Lipinski definition) is 2. The first-order valence-electron chi connectivity index (χ1n) is 8.47. The third kappa shape index (κ3) is 4.02. The molecule has 1 aliphatic rings. The number of nitrogens with one attached hydrogen (secondary N) is 1. The van der Waals surface area contributed by atoms with Crippen LogP contribution >= 0.6 is 0 Å². The first-order chi connectivity index (χ1) is 12.4. The average Bonchev–Trinajstić information content (AvgIpc) is 2.55. The molecule has 2 unspecified atom stereocenters. The van der Waals surface area contributed by atoms with Crippen LogP contribution in [0.1, 0.15) is 24.0 Å². The van der Waals surface area contributed by atoms with Gasteiger partial charge in [-0.2, -0.15) is 0 Å². The van der Waals surface area contributed by atoms with Crippen LogP contribution in [0.25, 0.3) is 0 Å². The lowest BCUT2D eigenvalue weighted by atomic mass is 9.73. The second-order valence-corrected chi connectivity index (χ2v) is 6.50. The molecule has 0 saturated heterocycles. The molecule has 0 bridgehead atoms. The molecule has 1 fully saturated rings. The minimum Gasteiger partial charge on any atom is -0.481 e. The Hall–Kier alpha value is -2.89. The molecule has 5 nitrogen and oxygen atoms in total. The molecule has 0 radical (unpaired) electrons. The third-order valence-corrected chi connectivity index (χ3v) is 4.68. The third-order valence-electron chi connectivity index (χ3n) is 4.68. The molecular formula is C20H20FNO4. The summed E-state index contributed by atoms with van der Waals surface area (Å²) < 4.78 is 18.7. The van der Waals surface area contributed by atoms with Crippen molar-refractivity contribution >= 4 is 11.9 Å². The molecule has 2 aromatic carbocycles. The van der Waals surface area contributed by atoms with E-state index in [9.17, 15) is 14.0 Å². The first-order valence-corrected chi connectivity index (χ1v) is 8.47. The van der Waals surface area contributed by atoms with Gasteiger partial charge in [-0.15, -0.1) is 0 Å². The monoisotopic (exact) mass is 357 g/mol. The molecule has 0 spiro atoms. The summed E-state index contributed by atoms with van der Waals surface area (Å²) >= 11 is 0. The summed E-state index contributed by atoms with van der Waals surface area (Å²) in [4.78, 5) is 23.1. The van der Waals surface area contributed by atoms with Crippen LogP contribution in [-0.2, 0) is 16.1 Å². The standard InChI is InChI=1S/C20H20FNO4/c1-12-10-13(11-22-19(23)16-7-8-17(16)20(24)25)2-9-18(12)26-15-5-3-14(21)4-6-15/h2-6,9-10,16-17H,7-8,11H2,1H3,(H,22,23)(H,24,25). The van der Waals surface area contributed by atoms with Gasteiger partial charge in [-0.05, 0) is 61.2 Å². The number of halogens is 1. The predicted octanol–water partition coefficient (Wildman–Crippen LogP) is 3.65. The van der Waals surface area contributed by atoms with Crippen LogP contribution in [-0.4, -0.2) is 17.0 Å². The largest absolute Gasteiger partial charge is 0.481 e. The zero-order valence-corrected chi connectivity index (χ0v) is 14.4. The highest BCUT2D eigenvalue weighted by Crippen LogP contribution is 2.34. The maximum absolute atomic E-state index is 12.9. The van der Waals surface area contributed by atoms with Gasteiger partial charge in [0.15, 0.2) is 0 Å². The molecule has 2 N–H and O–H groups in total. The minimum absolute atomic E-state index is 0.215. The van der Waals surface area contributed by atoms with Crippen LogP contribution < -0.4 is 10.1 Å². The zero-order chi connectivity index (χ0) is 18.7. The molecule has 1 amide bonds. The van der Waals surface area contributed by atoms with Crippen LogP contribution in [0.3, 0.4) is 0 Å². The van der Waals surface area contributed by atoms with Crippen molar-refractivity contribution < 1.29 is 23.8 Å². The highest BCUT2D eigenvalue weighted by molar-refractivity contribution is 5.86. The van der Waals surface area contributed by atoms with Crippen molar-refractivity contribution in [2.75, 3.05) is 0 Å². The van der Waals surface area contributed by atoms with E-state index in [0.717, 1.165) is 11.1 Å². The molecule has 1 aliphatic carbocycles. The number of aliphatic carboxylic acids is 1. The number of carbonyl (C=O) groups is 2. The van der Waals surface area contributed by atoms with E-state index in [1.807, 2.05) is 19.1 Å². The second-order valence-electron chi connectivity index (χ2n) is 6.50.